The third-order valence-electron chi connectivity index (χ3n) is 4.82. The number of nitrogens with one attached hydrogen (secondary N) is 2. The topological polar surface area (TPSA) is 123 Å². The number of hydrogen-bond donors (Lipinski definition) is 2. The molecule has 1 aromatic heterocycles. The number of carbonyl (C=O) groups is 1. The minimum atomic E-state index is -3.75. The molecule has 0 fully saturated rings. The summed E-state index contributed by atoms with van der Waals surface area (Å²) in [5.41, 5.74) is 2.01. The molecule has 4 rings (SSSR count). The van der Waals surface area contributed by atoms with Gasteiger partial charge in [-0.3, -0.25) is 9.52 Å². The lowest BCUT2D eigenvalue weighted by atomic mass is 10.2. The van der Waals surface area contributed by atoms with E-state index in [1.165, 1.54) is 19.2 Å². The third-order valence-corrected chi connectivity index (χ3v) is 7.04. The van der Waals surface area contributed by atoms with Crippen molar-refractivity contribution in [3.05, 3.63) is 84.4 Å². The Morgan fingerprint density at radius 1 is 0.971 bits per heavy atom. The zero-order valence-electron chi connectivity index (χ0n) is 18.7. The molecule has 2 N–H and O–H groups in total. The van der Waals surface area contributed by atoms with E-state index in [1.807, 2.05) is 30.3 Å². The molecule has 0 aliphatic rings. The van der Waals surface area contributed by atoms with Crippen molar-refractivity contribution in [1.82, 2.24) is 15.5 Å². The minimum Gasteiger partial charge on any atom is -0.497 e. The number of ether oxygens (including phenoxy) is 1. The second-order valence-corrected chi connectivity index (χ2v) is 9.89. The molecule has 3 aromatic carbocycles. The van der Waals surface area contributed by atoms with Crippen molar-refractivity contribution in [2.75, 3.05) is 17.6 Å². The maximum Gasteiger partial charge on any atom is 0.277 e. The van der Waals surface area contributed by atoms with E-state index in [9.17, 15) is 13.2 Å². The van der Waals surface area contributed by atoms with Gasteiger partial charge >= 0.3 is 0 Å². The van der Waals surface area contributed by atoms with Crippen LogP contribution >= 0.6 is 11.8 Å². The predicted molar refractivity (Wildman–Crippen MR) is 133 cm³/mol. The Hall–Kier alpha value is -3.83. The highest BCUT2D eigenvalue weighted by molar-refractivity contribution is 7.99. The van der Waals surface area contributed by atoms with Crippen molar-refractivity contribution >= 4 is 33.4 Å². The molecule has 0 spiro atoms. The average molecular weight is 511 g/mol. The number of aromatic nitrogens is 2. The van der Waals surface area contributed by atoms with E-state index in [4.69, 9.17) is 9.15 Å². The number of thioether (sulfide) groups is 1. The van der Waals surface area contributed by atoms with Crippen LogP contribution in [0.15, 0.2) is 93.4 Å². The normalized spacial score (nSPS) is 11.1. The molecule has 0 bridgehead atoms. The van der Waals surface area contributed by atoms with Crippen LogP contribution < -0.4 is 14.8 Å². The summed E-state index contributed by atoms with van der Waals surface area (Å²) in [7, 11) is -2.24. The number of carbonyl (C=O) groups excluding carboxylic acids is 1. The van der Waals surface area contributed by atoms with Gasteiger partial charge in [-0.2, -0.15) is 0 Å². The fraction of sp³-hybridized carbons (Fsp3) is 0.125. The number of anilines is 1. The lowest BCUT2D eigenvalue weighted by Gasteiger charge is -2.09. The van der Waals surface area contributed by atoms with Crippen LogP contribution in [0.3, 0.4) is 0 Å². The van der Waals surface area contributed by atoms with E-state index in [-0.39, 0.29) is 27.7 Å². The van der Waals surface area contributed by atoms with Gasteiger partial charge in [0.2, 0.25) is 11.8 Å². The number of amides is 1. The summed E-state index contributed by atoms with van der Waals surface area (Å²) < 4.78 is 38.4. The van der Waals surface area contributed by atoms with Crippen molar-refractivity contribution in [2.45, 2.75) is 16.7 Å². The summed E-state index contributed by atoms with van der Waals surface area (Å²) in [6.07, 6.45) is 0. The molecule has 35 heavy (non-hydrogen) atoms. The highest BCUT2D eigenvalue weighted by Gasteiger charge is 2.15. The maximum absolute atomic E-state index is 12.6. The first-order chi connectivity index (χ1) is 16.9. The largest absolute Gasteiger partial charge is 0.497 e. The van der Waals surface area contributed by atoms with Gasteiger partial charge in [0, 0.05) is 17.8 Å². The molecule has 0 aliphatic heterocycles. The Morgan fingerprint density at radius 2 is 1.69 bits per heavy atom. The van der Waals surface area contributed by atoms with Crippen LogP contribution in [0.2, 0.25) is 0 Å². The van der Waals surface area contributed by atoms with Crippen molar-refractivity contribution in [3.8, 4) is 17.2 Å². The molecular weight excluding hydrogens is 488 g/mol. The monoisotopic (exact) mass is 510 g/mol. The van der Waals surface area contributed by atoms with Gasteiger partial charge < -0.3 is 14.5 Å². The van der Waals surface area contributed by atoms with E-state index < -0.39 is 10.0 Å². The molecule has 9 nitrogen and oxygen atoms in total. The van der Waals surface area contributed by atoms with E-state index in [0.29, 0.717) is 23.5 Å². The molecule has 0 saturated heterocycles. The van der Waals surface area contributed by atoms with Crippen molar-refractivity contribution < 1.29 is 22.4 Å². The number of hydrogen-bond acceptors (Lipinski definition) is 8. The van der Waals surface area contributed by atoms with Crippen molar-refractivity contribution in [1.29, 1.82) is 0 Å². The summed E-state index contributed by atoms with van der Waals surface area (Å²) in [6.45, 7) is 0.448. The van der Waals surface area contributed by atoms with E-state index >= 15 is 0 Å². The Morgan fingerprint density at radius 3 is 2.37 bits per heavy atom. The first-order valence-electron chi connectivity index (χ1n) is 10.5. The molecule has 0 unspecified atom stereocenters. The van der Waals surface area contributed by atoms with Gasteiger partial charge in [0.25, 0.3) is 15.2 Å². The Balaban J connectivity index is 1.31. The summed E-state index contributed by atoms with van der Waals surface area (Å²) in [5.74, 6) is 0.827. The van der Waals surface area contributed by atoms with Crippen LogP contribution in [0.1, 0.15) is 5.56 Å². The van der Waals surface area contributed by atoms with E-state index in [2.05, 4.69) is 20.2 Å². The zero-order valence-corrected chi connectivity index (χ0v) is 20.3. The molecule has 0 atom stereocenters. The van der Waals surface area contributed by atoms with Crippen LogP contribution in [0.25, 0.3) is 11.5 Å². The van der Waals surface area contributed by atoms with Gasteiger partial charge in [-0.1, -0.05) is 42.1 Å². The average Bonchev–Trinajstić information content (AvgIpc) is 3.36. The summed E-state index contributed by atoms with van der Waals surface area (Å²) >= 11 is 1.14. The van der Waals surface area contributed by atoms with Gasteiger partial charge in [0.15, 0.2) is 0 Å². The van der Waals surface area contributed by atoms with Crippen LogP contribution in [0, 0.1) is 0 Å². The Bertz CT molecular complexity index is 1370. The molecule has 4 aromatic rings. The van der Waals surface area contributed by atoms with Gasteiger partial charge in [0.05, 0.1) is 17.8 Å². The van der Waals surface area contributed by atoms with Crippen LogP contribution in [0.4, 0.5) is 5.69 Å². The summed E-state index contributed by atoms with van der Waals surface area (Å²) in [4.78, 5) is 12.2. The third kappa shape index (κ3) is 6.61. The minimum absolute atomic E-state index is 0.119. The van der Waals surface area contributed by atoms with Crippen LogP contribution in [0.5, 0.6) is 5.75 Å². The molecule has 0 saturated carbocycles. The lowest BCUT2D eigenvalue weighted by molar-refractivity contribution is -0.118. The molecular formula is C24H22N4O5S2. The maximum atomic E-state index is 12.6. The highest BCUT2D eigenvalue weighted by atomic mass is 32.2. The number of nitrogens with zero attached hydrogens (tertiary/aromatic N) is 2. The molecule has 11 heteroatoms. The first kappa shape index (κ1) is 24.3. The predicted octanol–water partition coefficient (Wildman–Crippen LogP) is 3.95. The second kappa shape index (κ2) is 11.1. The van der Waals surface area contributed by atoms with Gasteiger partial charge in [-0.15, -0.1) is 10.2 Å². The number of methoxy groups -OCH3 is 1. The highest BCUT2D eigenvalue weighted by Crippen LogP contribution is 2.25. The SMILES string of the molecule is COc1ccc(S(=O)(=O)Nc2ccc(-c3nnc(SCC(=O)NCc4ccccc4)o3)cc2)cc1. The Kier molecular flexibility index (Phi) is 7.68. The van der Waals surface area contributed by atoms with E-state index in [0.717, 1.165) is 17.3 Å². The first-order valence-corrected chi connectivity index (χ1v) is 12.9. The van der Waals surface area contributed by atoms with Gasteiger partial charge in [0.1, 0.15) is 5.75 Å². The van der Waals surface area contributed by atoms with Crippen LogP contribution in [-0.4, -0.2) is 37.4 Å². The summed E-state index contributed by atoms with van der Waals surface area (Å²) in [5, 5.41) is 11.1. The van der Waals surface area contributed by atoms with Crippen molar-refractivity contribution in [2.24, 2.45) is 0 Å². The number of benzene rings is 3. The van der Waals surface area contributed by atoms with Gasteiger partial charge in [-0.05, 0) is 54.1 Å². The molecule has 0 aliphatic carbocycles. The standard InChI is InChI=1S/C24H22N4O5S2/c1-32-20-11-13-21(14-12-20)35(30,31)28-19-9-7-18(8-10-19)23-26-27-24(33-23)34-16-22(29)25-15-17-5-3-2-4-6-17/h2-14,28H,15-16H2,1H3,(H,25,29). The molecule has 1 heterocycles. The lowest BCUT2D eigenvalue weighted by Crippen LogP contribution is -2.24. The molecule has 1 amide bonds. The van der Waals surface area contributed by atoms with E-state index in [1.54, 1.807) is 36.4 Å². The zero-order chi connectivity index (χ0) is 24.7. The van der Waals surface area contributed by atoms with Crippen molar-refractivity contribution in [3.63, 3.8) is 0 Å². The molecule has 180 valence electrons. The fourth-order valence-electron chi connectivity index (χ4n) is 3.01. The smallest absolute Gasteiger partial charge is 0.277 e. The number of sulfonamides is 1. The fourth-order valence-corrected chi connectivity index (χ4v) is 4.66. The molecule has 0 radical (unpaired) electrons. The second-order valence-electron chi connectivity index (χ2n) is 7.28. The number of rotatable bonds is 10. The Labute approximate surface area is 207 Å². The van der Waals surface area contributed by atoms with Gasteiger partial charge in [-0.25, -0.2) is 8.42 Å². The summed E-state index contributed by atoms with van der Waals surface area (Å²) in [6, 6.07) is 22.3. The quantitative estimate of drug-likeness (QED) is 0.307. The van der Waals surface area contributed by atoms with Crippen LogP contribution in [-0.2, 0) is 21.4 Å².